The van der Waals surface area contributed by atoms with Crippen LogP contribution >= 0.6 is 0 Å². The maximum absolute atomic E-state index is 12.5. The minimum atomic E-state index is -0.305. The fourth-order valence-corrected chi connectivity index (χ4v) is 1.07. The van der Waals surface area contributed by atoms with Crippen molar-refractivity contribution in [3.63, 3.8) is 0 Å². The van der Waals surface area contributed by atoms with E-state index in [-0.39, 0.29) is 18.3 Å². The molecule has 0 bridgehead atoms. The number of carbonyl (C=O) groups is 1. The highest BCUT2D eigenvalue weighted by Crippen LogP contribution is 2.10. The maximum atomic E-state index is 12.5. The standard InChI is InChI=1S/C11H14FNO3/c1-15-8-11(14)13-6-7-16-10-4-2-9(12)3-5-10/h2-5H,6-8H2,1H3,(H,13,14). The topological polar surface area (TPSA) is 47.6 Å². The van der Waals surface area contributed by atoms with E-state index in [9.17, 15) is 9.18 Å². The van der Waals surface area contributed by atoms with Gasteiger partial charge in [-0.3, -0.25) is 4.79 Å². The Kier molecular flexibility index (Phi) is 5.28. The van der Waals surface area contributed by atoms with E-state index in [4.69, 9.17) is 4.74 Å². The number of benzene rings is 1. The Morgan fingerprint density at radius 2 is 2.06 bits per heavy atom. The second-order valence-corrected chi connectivity index (χ2v) is 3.09. The van der Waals surface area contributed by atoms with Crippen LogP contribution in [0.2, 0.25) is 0 Å². The third-order valence-corrected chi connectivity index (χ3v) is 1.78. The number of ether oxygens (including phenoxy) is 2. The first-order chi connectivity index (χ1) is 7.72. The van der Waals surface area contributed by atoms with Crippen LogP contribution in [0.4, 0.5) is 4.39 Å². The van der Waals surface area contributed by atoms with Crippen molar-refractivity contribution in [2.24, 2.45) is 0 Å². The molecule has 0 atom stereocenters. The number of carbonyl (C=O) groups excluding carboxylic acids is 1. The van der Waals surface area contributed by atoms with Crippen LogP contribution in [0.1, 0.15) is 0 Å². The van der Waals surface area contributed by atoms with E-state index in [1.54, 1.807) is 0 Å². The van der Waals surface area contributed by atoms with Crippen molar-refractivity contribution in [3.05, 3.63) is 30.1 Å². The van der Waals surface area contributed by atoms with Crippen LogP contribution in [-0.2, 0) is 9.53 Å². The molecular weight excluding hydrogens is 213 g/mol. The van der Waals surface area contributed by atoms with Crippen molar-refractivity contribution in [1.29, 1.82) is 0 Å². The van der Waals surface area contributed by atoms with Crippen LogP contribution in [0.5, 0.6) is 5.75 Å². The molecule has 1 aromatic carbocycles. The molecule has 1 amide bonds. The molecule has 16 heavy (non-hydrogen) atoms. The molecule has 1 rings (SSSR count). The number of nitrogens with one attached hydrogen (secondary N) is 1. The second kappa shape index (κ2) is 6.79. The molecule has 0 heterocycles. The zero-order valence-electron chi connectivity index (χ0n) is 9.03. The fourth-order valence-electron chi connectivity index (χ4n) is 1.07. The van der Waals surface area contributed by atoms with E-state index in [1.807, 2.05) is 0 Å². The summed E-state index contributed by atoms with van der Waals surface area (Å²) in [5.41, 5.74) is 0. The van der Waals surface area contributed by atoms with Crippen molar-refractivity contribution in [2.45, 2.75) is 0 Å². The average molecular weight is 227 g/mol. The lowest BCUT2D eigenvalue weighted by Gasteiger charge is -2.07. The number of amides is 1. The van der Waals surface area contributed by atoms with Gasteiger partial charge >= 0.3 is 0 Å². The summed E-state index contributed by atoms with van der Waals surface area (Å²) in [4.78, 5) is 11.0. The lowest BCUT2D eigenvalue weighted by Crippen LogP contribution is -2.30. The predicted octanol–water partition coefficient (Wildman–Crippen LogP) is 0.967. The molecule has 4 nitrogen and oxygen atoms in total. The van der Waals surface area contributed by atoms with Gasteiger partial charge in [0, 0.05) is 7.11 Å². The molecular formula is C11H14FNO3. The normalized spacial score (nSPS) is 9.88. The Morgan fingerprint density at radius 3 is 2.69 bits per heavy atom. The molecule has 0 aliphatic rings. The second-order valence-electron chi connectivity index (χ2n) is 3.09. The summed E-state index contributed by atoms with van der Waals surface area (Å²) < 4.78 is 22.4. The summed E-state index contributed by atoms with van der Waals surface area (Å²) >= 11 is 0. The highest BCUT2D eigenvalue weighted by Gasteiger charge is 1.99. The van der Waals surface area contributed by atoms with Crippen LogP contribution in [0, 0.1) is 5.82 Å². The van der Waals surface area contributed by atoms with Crippen molar-refractivity contribution in [1.82, 2.24) is 5.32 Å². The van der Waals surface area contributed by atoms with Gasteiger partial charge in [-0.2, -0.15) is 0 Å². The summed E-state index contributed by atoms with van der Waals surface area (Å²) in [6.07, 6.45) is 0. The molecule has 0 saturated heterocycles. The first-order valence-corrected chi connectivity index (χ1v) is 4.86. The van der Waals surface area contributed by atoms with Gasteiger partial charge in [0.2, 0.25) is 5.91 Å². The molecule has 88 valence electrons. The molecule has 1 N–H and O–H groups in total. The third-order valence-electron chi connectivity index (χ3n) is 1.78. The third kappa shape index (κ3) is 4.75. The Labute approximate surface area is 93.4 Å². The highest BCUT2D eigenvalue weighted by molar-refractivity contribution is 5.77. The van der Waals surface area contributed by atoms with Crippen LogP contribution < -0.4 is 10.1 Å². The largest absolute Gasteiger partial charge is 0.492 e. The molecule has 0 spiro atoms. The SMILES string of the molecule is COCC(=O)NCCOc1ccc(F)cc1. The van der Waals surface area contributed by atoms with E-state index in [1.165, 1.54) is 31.4 Å². The van der Waals surface area contributed by atoms with Gasteiger partial charge < -0.3 is 14.8 Å². The summed E-state index contributed by atoms with van der Waals surface area (Å²) in [5.74, 6) is 0.0772. The van der Waals surface area contributed by atoms with Gasteiger partial charge in [-0.1, -0.05) is 0 Å². The molecule has 0 aliphatic heterocycles. The average Bonchev–Trinajstić information content (AvgIpc) is 2.27. The summed E-state index contributed by atoms with van der Waals surface area (Å²) in [5, 5.41) is 2.60. The molecule has 0 unspecified atom stereocenters. The van der Waals surface area contributed by atoms with Crippen LogP contribution in [0.15, 0.2) is 24.3 Å². The number of rotatable bonds is 6. The van der Waals surface area contributed by atoms with Gasteiger partial charge in [-0.15, -0.1) is 0 Å². The molecule has 1 aromatic rings. The van der Waals surface area contributed by atoms with Gasteiger partial charge in [-0.25, -0.2) is 4.39 Å². The lowest BCUT2D eigenvalue weighted by molar-refractivity contribution is -0.124. The van der Waals surface area contributed by atoms with Gasteiger partial charge in [0.15, 0.2) is 0 Å². The van der Waals surface area contributed by atoms with E-state index < -0.39 is 0 Å². The smallest absolute Gasteiger partial charge is 0.246 e. The fraction of sp³-hybridized carbons (Fsp3) is 0.364. The van der Waals surface area contributed by atoms with Crippen molar-refractivity contribution < 1.29 is 18.7 Å². The molecule has 0 fully saturated rings. The maximum Gasteiger partial charge on any atom is 0.246 e. The summed E-state index contributed by atoms with van der Waals surface area (Å²) in [6.45, 7) is 0.761. The predicted molar refractivity (Wildman–Crippen MR) is 56.8 cm³/mol. The summed E-state index contributed by atoms with van der Waals surface area (Å²) in [6, 6.07) is 5.70. The Morgan fingerprint density at radius 1 is 1.38 bits per heavy atom. The Hall–Kier alpha value is -1.62. The van der Waals surface area contributed by atoms with Crippen LogP contribution in [-0.4, -0.2) is 32.8 Å². The molecule has 0 aromatic heterocycles. The highest BCUT2D eigenvalue weighted by atomic mass is 19.1. The number of methoxy groups -OCH3 is 1. The lowest BCUT2D eigenvalue weighted by atomic mass is 10.3. The number of halogens is 1. The van der Waals surface area contributed by atoms with Crippen molar-refractivity contribution >= 4 is 5.91 Å². The number of hydrogen-bond acceptors (Lipinski definition) is 3. The van der Waals surface area contributed by atoms with Gasteiger partial charge in [0.05, 0.1) is 6.54 Å². The zero-order chi connectivity index (χ0) is 11.8. The van der Waals surface area contributed by atoms with Crippen molar-refractivity contribution in [3.8, 4) is 5.75 Å². The molecule has 0 saturated carbocycles. The Bertz CT molecular complexity index is 327. The van der Waals surface area contributed by atoms with Gasteiger partial charge in [-0.05, 0) is 24.3 Å². The van der Waals surface area contributed by atoms with Gasteiger partial charge in [0.25, 0.3) is 0 Å². The van der Waals surface area contributed by atoms with E-state index in [0.29, 0.717) is 18.9 Å². The van der Waals surface area contributed by atoms with E-state index in [0.717, 1.165) is 0 Å². The minimum absolute atomic E-state index is 0.0382. The molecule has 0 radical (unpaired) electrons. The number of hydrogen-bond donors (Lipinski definition) is 1. The first-order valence-electron chi connectivity index (χ1n) is 4.86. The van der Waals surface area contributed by atoms with E-state index >= 15 is 0 Å². The Balaban J connectivity index is 2.16. The first kappa shape index (κ1) is 12.4. The molecule has 0 aliphatic carbocycles. The van der Waals surface area contributed by atoms with Crippen LogP contribution in [0.25, 0.3) is 0 Å². The van der Waals surface area contributed by atoms with Crippen LogP contribution in [0.3, 0.4) is 0 Å². The monoisotopic (exact) mass is 227 g/mol. The minimum Gasteiger partial charge on any atom is -0.492 e. The molecule has 5 heteroatoms. The van der Waals surface area contributed by atoms with Crippen molar-refractivity contribution in [2.75, 3.05) is 26.9 Å². The zero-order valence-corrected chi connectivity index (χ0v) is 9.03. The quantitative estimate of drug-likeness (QED) is 0.736. The van der Waals surface area contributed by atoms with Gasteiger partial charge in [0.1, 0.15) is 24.8 Å². The summed E-state index contributed by atoms with van der Waals surface area (Å²) in [7, 11) is 1.45. The van der Waals surface area contributed by atoms with E-state index in [2.05, 4.69) is 10.1 Å².